The van der Waals surface area contributed by atoms with E-state index < -0.39 is 83.0 Å². The number of nitrogens with zero attached hydrogens (tertiary/aromatic N) is 9. The summed E-state index contributed by atoms with van der Waals surface area (Å²) in [4.78, 5) is 93.3. The average molecular weight is 1150 g/mol. The van der Waals surface area contributed by atoms with E-state index in [-0.39, 0.29) is 71.6 Å². The average Bonchev–Trinajstić information content (AvgIpc) is 4.21. The van der Waals surface area contributed by atoms with Gasteiger partial charge >= 0.3 is 18.2 Å². The number of pyridine rings is 1. The number of amides is 4. The number of rotatable bonds is 8. The Balaban J connectivity index is 1.13. The fourth-order valence-corrected chi connectivity index (χ4v) is 12.8. The summed E-state index contributed by atoms with van der Waals surface area (Å²) in [7, 11) is 3.52. The molecule has 1 spiro atoms. The van der Waals surface area contributed by atoms with Gasteiger partial charge in [-0.15, -0.1) is 11.3 Å². The third-order valence-electron chi connectivity index (χ3n) is 16.3. The van der Waals surface area contributed by atoms with Gasteiger partial charge in [-0.25, -0.2) is 24.6 Å². The molecule has 23 heteroatoms. The predicted molar refractivity (Wildman–Crippen MR) is 299 cm³/mol. The van der Waals surface area contributed by atoms with Crippen LogP contribution in [0.2, 0.25) is 0 Å². The summed E-state index contributed by atoms with van der Waals surface area (Å²) in [5.41, 5.74) is 2.53. The molecule has 0 aliphatic carbocycles. The number of methoxy groups -OCH3 is 1. The number of esters is 1. The summed E-state index contributed by atoms with van der Waals surface area (Å²) in [5.74, 6) is -3.60. The summed E-state index contributed by atoms with van der Waals surface area (Å²) >= 11 is 1.09. The van der Waals surface area contributed by atoms with Gasteiger partial charge in [0.1, 0.15) is 35.8 Å². The van der Waals surface area contributed by atoms with Crippen molar-refractivity contribution < 1.29 is 55.7 Å². The van der Waals surface area contributed by atoms with Crippen molar-refractivity contribution in [2.24, 2.45) is 21.7 Å². The normalized spacial score (nSPS) is 21.9. The van der Waals surface area contributed by atoms with Gasteiger partial charge in [-0.1, -0.05) is 27.7 Å². The van der Waals surface area contributed by atoms with Crippen LogP contribution in [0.4, 0.5) is 28.0 Å². The molecule has 3 atom stereocenters. The number of aromatic nitrogens is 3. The Morgan fingerprint density at radius 3 is 2.33 bits per heavy atom. The number of thiazole rings is 1. The van der Waals surface area contributed by atoms with Gasteiger partial charge in [0.25, 0.3) is 11.8 Å². The Hall–Kier alpha value is -6.04. The van der Waals surface area contributed by atoms with Crippen LogP contribution in [0.3, 0.4) is 0 Å². The fraction of sp³-hybridized carbons (Fsp3) is 0.621. The maximum atomic E-state index is 17.1. The van der Waals surface area contributed by atoms with Gasteiger partial charge in [0.15, 0.2) is 0 Å². The van der Waals surface area contributed by atoms with E-state index in [1.807, 2.05) is 40.8 Å². The van der Waals surface area contributed by atoms with Crippen LogP contribution in [-0.2, 0) is 52.8 Å². The highest BCUT2D eigenvalue weighted by Gasteiger charge is 2.50. The van der Waals surface area contributed by atoms with Gasteiger partial charge in [0.2, 0.25) is 5.91 Å². The van der Waals surface area contributed by atoms with Crippen LogP contribution in [0.1, 0.15) is 116 Å². The third kappa shape index (κ3) is 13.0. The first kappa shape index (κ1) is 59.6. The number of hydrogen-bond acceptors (Lipinski definition) is 14. The maximum absolute atomic E-state index is 17.1. The van der Waals surface area contributed by atoms with Crippen LogP contribution in [0.5, 0.6) is 0 Å². The highest BCUT2D eigenvalue weighted by molar-refractivity contribution is 7.10. The number of ether oxygens (including phenoxy) is 3. The molecular weight excluding hydrogens is 1070 g/mol. The molecular formula is C58H76F4N10O8S. The number of nitrogens with one attached hydrogen (secondary N) is 1. The largest absolute Gasteiger partial charge is 0.464 e. The molecule has 3 aromatic heterocycles. The quantitative estimate of drug-likeness (QED) is 0.131. The van der Waals surface area contributed by atoms with Crippen molar-refractivity contribution in [1.82, 2.24) is 39.7 Å². The van der Waals surface area contributed by atoms with E-state index in [2.05, 4.69) is 20.2 Å². The van der Waals surface area contributed by atoms with Crippen LogP contribution in [0, 0.1) is 22.6 Å². The molecule has 9 rings (SSSR count). The van der Waals surface area contributed by atoms with Crippen molar-refractivity contribution in [3.63, 3.8) is 0 Å². The van der Waals surface area contributed by atoms with Crippen molar-refractivity contribution in [3.8, 4) is 22.5 Å². The number of hydrogen-bond donors (Lipinski definition) is 1. The minimum atomic E-state index is -4.76. The Labute approximate surface area is 474 Å². The summed E-state index contributed by atoms with van der Waals surface area (Å²) < 4.78 is 81.0. The Morgan fingerprint density at radius 1 is 0.951 bits per heavy atom. The number of cyclic esters (lactones) is 1. The number of likely N-dealkylation sites (N-methyl/N-ethyl adjacent to an activating group) is 1. The molecule has 0 radical (unpaired) electrons. The Morgan fingerprint density at radius 2 is 1.67 bits per heavy atom. The minimum absolute atomic E-state index is 0.0159. The number of aliphatic imine (C=N–C) groups is 1. The van der Waals surface area contributed by atoms with Gasteiger partial charge in [0.05, 0.1) is 57.6 Å². The lowest BCUT2D eigenvalue weighted by Gasteiger charge is -2.48. The number of halogens is 4. The molecule has 0 unspecified atom stereocenters. The van der Waals surface area contributed by atoms with Gasteiger partial charge in [-0.2, -0.15) is 13.2 Å². The van der Waals surface area contributed by atoms with E-state index in [4.69, 9.17) is 24.2 Å². The molecule has 8 heterocycles. The number of carbonyl (C=O) groups is 5. The number of benzene rings is 1. The fourth-order valence-electron chi connectivity index (χ4n) is 12.0. The molecule has 5 aliphatic rings. The molecule has 5 aliphatic heterocycles. The predicted octanol–water partition coefficient (Wildman–Crippen LogP) is 8.78. The second-order valence-corrected chi connectivity index (χ2v) is 25.6. The first-order valence-electron chi connectivity index (χ1n) is 28.1. The smallest absolute Gasteiger partial charge is 0.410 e. The Bertz CT molecular complexity index is 3080. The van der Waals surface area contributed by atoms with Gasteiger partial charge in [-0.3, -0.25) is 29.2 Å². The standard InChI is InChI=1S/C58H76F4N10O8S/c1-34(2)48(70-17-12-14-57(53(70)76)15-19-69(20-16-57)54(77)80-55(4,5)6)50(73)65-43-28-46-64-44(31-81-46)38-26-37-40(29-56(7,8)33-79-52(75)42-13-11-18-72(66-42)51(43)74)49(71(32-58(60,61)62)45(37)27-41(38)59)39-25-36(30-63-47(39)35(3)78-10)68-23-21-67(9)22-24-68/h25-27,30-31,34-35,42,48,66H,11-24,28-29,32-33H2,1-10H3/t35-,42-,48-/m0/s1. The molecule has 4 amide bonds. The monoisotopic (exact) mass is 1150 g/mol. The lowest BCUT2D eigenvalue weighted by Crippen LogP contribution is -2.59. The number of piperidine rings is 2. The molecule has 4 aromatic rings. The van der Waals surface area contributed by atoms with Crippen molar-refractivity contribution >= 4 is 63.4 Å². The first-order chi connectivity index (χ1) is 38.1. The summed E-state index contributed by atoms with van der Waals surface area (Å²) in [6, 6.07) is 2.39. The minimum Gasteiger partial charge on any atom is -0.464 e. The number of fused-ring (bicyclic) bond motifs is 6. The molecule has 4 fully saturated rings. The number of piperazine rings is 1. The highest BCUT2D eigenvalue weighted by atomic mass is 32.1. The summed E-state index contributed by atoms with van der Waals surface area (Å²) in [5, 5.41) is 3.42. The third-order valence-corrected chi connectivity index (χ3v) is 17.2. The van der Waals surface area contributed by atoms with Gasteiger partial charge in [-0.05, 0) is 109 Å². The van der Waals surface area contributed by atoms with E-state index in [1.165, 1.54) is 18.2 Å². The Kier molecular flexibility index (Phi) is 17.1. The van der Waals surface area contributed by atoms with Crippen molar-refractivity contribution in [2.45, 2.75) is 143 Å². The van der Waals surface area contributed by atoms with Crippen molar-refractivity contribution in [2.75, 3.05) is 78.0 Å². The first-order valence-corrected chi connectivity index (χ1v) is 29.0. The number of likely N-dealkylation sites (tertiary alicyclic amines) is 2. The molecule has 4 saturated heterocycles. The SMILES string of the molecule is CO[C@@H](C)c1ncc(N2CCN(C)CC2)cc1-c1c2c3cc(c(F)cc3n1CC(F)(F)F)-c1csc(n1)CC(=NC(=O)[C@H](C(C)C)N1CCCC3(CCN(C(=O)OC(C)(C)C)CC3)C1=O)C(=O)N1CCC[C@H](N1)C(=O)OCC(C)(C)C2. The molecule has 6 bridgehead atoms. The van der Waals surface area contributed by atoms with E-state index in [1.54, 1.807) is 49.1 Å². The van der Waals surface area contributed by atoms with E-state index in [0.29, 0.717) is 92.6 Å². The van der Waals surface area contributed by atoms with Crippen LogP contribution < -0.4 is 10.3 Å². The molecule has 81 heavy (non-hydrogen) atoms. The molecule has 1 aromatic carbocycles. The zero-order valence-electron chi connectivity index (χ0n) is 48.1. The van der Waals surface area contributed by atoms with E-state index >= 15 is 17.6 Å². The van der Waals surface area contributed by atoms with E-state index in [9.17, 15) is 24.0 Å². The summed E-state index contributed by atoms with van der Waals surface area (Å²) in [6.07, 6.45) is -1.79. The number of hydrazine groups is 1. The molecule has 18 nitrogen and oxygen atoms in total. The number of alkyl halides is 3. The van der Waals surface area contributed by atoms with Crippen molar-refractivity contribution in [1.29, 1.82) is 0 Å². The van der Waals surface area contributed by atoms with Gasteiger partial charge < -0.3 is 38.4 Å². The van der Waals surface area contributed by atoms with Crippen LogP contribution in [0.25, 0.3) is 33.4 Å². The molecule has 1 N–H and O–H groups in total. The lowest BCUT2D eigenvalue weighted by molar-refractivity contribution is -0.157. The summed E-state index contributed by atoms with van der Waals surface area (Å²) in [6.45, 7) is 16.6. The topological polar surface area (TPSA) is 184 Å². The zero-order chi connectivity index (χ0) is 58.5. The van der Waals surface area contributed by atoms with Crippen molar-refractivity contribution in [3.05, 3.63) is 51.9 Å². The second kappa shape index (κ2) is 23.3. The lowest BCUT2D eigenvalue weighted by atomic mass is 9.71. The molecule has 0 saturated carbocycles. The number of anilines is 1. The van der Waals surface area contributed by atoms with Crippen LogP contribution in [0.15, 0.2) is 34.8 Å². The second-order valence-electron chi connectivity index (χ2n) is 24.6. The van der Waals surface area contributed by atoms with Gasteiger partial charge in [0, 0.05) is 93.2 Å². The molecule has 440 valence electrons. The van der Waals surface area contributed by atoms with E-state index in [0.717, 1.165) is 35.1 Å². The number of carbonyl (C=O) groups excluding carboxylic acids is 5. The highest BCUT2D eigenvalue weighted by Crippen LogP contribution is 2.46. The maximum Gasteiger partial charge on any atom is 0.410 e. The van der Waals surface area contributed by atoms with Crippen LogP contribution >= 0.6 is 11.3 Å². The zero-order valence-corrected chi connectivity index (χ0v) is 49.0. The van der Waals surface area contributed by atoms with Crippen LogP contribution in [-0.4, -0.2) is 167 Å².